The van der Waals surface area contributed by atoms with Crippen LogP contribution in [0.1, 0.15) is 23.7 Å². The highest BCUT2D eigenvalue weighted by Gasteiger charge is 2.32. The molecule has 0 saturated carbocycles. The van der Waals surface area contributed by atoms with Gasteiger partial charge in [-0.25, -0.2) is 0 Å². The number of nitrogens with one attached hydrogen (secondary N) is 2. The molecule has 0 bridgehead atoms. The second kappa shape index (κ2) is 4.28. The van der Waals surface area contributed by atoms with Crippen LogP contribution < -0.4 is 11.1 Å². The summed E-state index contributed by atoms with van der Waals surface area (Å²) in [4.78, 5) is 15.5. The molecule has 0 aliphatic carbocycles. The molecule has 1 atom stereocenters. The summed E-state index contributed by atoms with van der Waals surface area (Å²) < 4.78 is 5.34. The quantitative estimate of drug-likeness (QED) is 0.717. The highest BCUT2D eigenvalue weighted by molar-refractivity contribution is 6.07. The van der Waals surface area contributed by atoms with Crippen LogP contribution in [0.4, 0.5) is 5.69 Å². The van der Waals surface area contributed by atoms with E-state index in [-0.39, 0.29) is 11.4 Å². The summed E-state index contributed by atoms with van der Waals surface area (Å²) in [6, 6.07) is 5.50. The van der Waals surface area contributed by atoms with Gasteiger partial charge in [-0.1, -0.05) is 0 Å². The molecule has 0 spiro atoms. The third-order valence-corrected chi connectivity index (χ3v) is 3.58. The minimum absolute atomic E-state index is 0.0927. The third kappa shape index (κ3) is 2.17. The molecule has 2 heterocycles. The summed E-state index contributed by atoms with van der Waals surface area (Å²) in [6.07, 6.45) is 2.56. The number of hydrogen-bond acceptors (Lipinski definition) is 3. The number of carbonyl (C=O) groups is 1. The molecule has 1 amide bonds. The number of hydrogen-bond donors (Lipinski definition) is 3. The van der Waals surface area contributed by atoms with Crippen molar-refractivity contribution in [1.29, 1.82) is 0 Å². The maximum atomic E-state index is 12.4. The average Bonchev–Trinajstić information content (AvgIpc) is 2.95. The van der Waals surface area contributed by atoms with Crippen LogP contribution >= 0.6 is 0 Å². The number of rotatable bonds is 2. The molecule has 1 unspecified atom stereocenters. The number of fused-ring (bicyclic) bond motifs is 1. The minimum atomic E-state index is -0.277. The standard InChI is InChI=1S/C14H17N3O2/c1-14(4-5-19-8-14)17-13(18)11-7-16-12-3-2-9(15)6-10(11)12/h2-3,6-7,16H,4-5,8,15H2,1H3,(H,17,18). The van der Waals surface area contributed by atoms with Crippen molar-refractivity contribution in [2.75, 3.05) is 18.9 Å². The van der Waals surface area contributed by atoms with Crippen LogP contribution in [-0.4, -0.2) is 29.6 Å². The average molecular weight is 259 g/mol. The first kappa shape index (κ1) is 12.0. The zero-order valence-corrected chi connectivity index (χ0v) is 10.8. The topological polar surface area (TPSA) is 80.1 Å². The van der Waals surface area contributed by atoms with E-state index in [0.717, 1.165) is 17.3 Å². The van der Waals surface area contributed by atoms with Crippen LogP contribution in [0.3, 0.4) is 0 Å². The first-order chi connectivity index (χ1) is 9.07. The zero-order valence-electron chi connectivity index (χ0n) is 10.8. The maximum absolute atomic E-state index is 12.4. The molecular formula is C14H17N3O2. The van der Waals surface area contributed by atoms with E-state index in [1.54, 1.807) is 6.20 Å². The number of aromatic amines is 1. The maximum Gasteiger partial charge on any atom is 0.253 e. The lowest BCUT2D eigenvalue weighted by atomic mass is 10.0. The number of H-pyrrole nitrogens is 1. The Morgan fingerprint density at radius 1 is 1.53 bits per heavy atom. The monoisotopic (exact) mass is 259 g/mol. The van der Waals surface area contributed by atoms with E-state index in [9.17, 15) is 4.79 Å². The van der Waals surface area contributed by atoms with Gasteiger partial charge in [-0.05, 0) is 31.5 Å². The van der Waals surface area contributed by atoms with Crippen molar-refractivity contribution in [3.05, 3.63) is 30.0 Å². The van der Waals surface area contributed by atoms with E-state index < -0.39 is 0 Å². The summed E-state index contributed by atoms with van der Waals surface area (Å²) in [5.41, 5.74) is 7.68. The molecule has 19 heavy (non-hydrogen) atoms. The highest BCUT2D eigenvalue weighted by atomic mass is 16.5. The predicted octanol–water partition coefficient (Wildman–Crippen LogP) is 1.66. The van der Waals surface area contributed by atoms with Crippen LogP contribution in [0.25, 0.3) is 10.9 Å². The van der Waals surface area contributed by atoms with E-state index in [2.05, 4.69) is 10.3 Å². The Morgan fingerprint density at radius 3 is 3.11 bits per heavy atom. The van der Waals surface area contributed by atoms with Gasteiger partial charge in [0.05, 0.1) is 17.7 Å². The van der Waals surface area contributed by atoms with E-state index in [4.69, 9.17) is 10.5 Å². The van der Waals surface area contributed by atoms with Crippen LogP contribution in [0.2, 0.25) is 0 Å². The number of nitrogen functional groups attached to an aromatic ring is 1. The smallest absolute Gasteiger partial charge is 0.253 e. The molecule has 1 fully saturated rings. The van der Waals surface area contributed by atoms with Crippen LogP contribution in [0, 0.1) is 0 Å². The van der Waals surface area contributed by atoms with Gasteiger partial charge in [-0.3, -0.25) is 4.79 Å². The van der Waals surface area contributed by atoms with Crippen molar-refractivity contribution in [2.45, 2.75) is 18.9 Å². The number of amides is 1. The van der Waals surface area contributed by atoms with Gasteiger partial charge in [0, 0.05) is 29.4 Å². The summed E-state index contributed by atoms with van der Waals surface area (Å²) in [5, 5.41) is 3.89. The molecule has 1 aliphatic rings. The number of carbonyl (C=O) groups excluding carboxylic acids is 1. The Morgan fingerprint density at radius 2 is 2.37 bits per heavy atom. The molecule has 5 heteroatoms. The van der Waals surface area contributed by atoms with E-state index in [1.807, 2.05) is 25.1 Å². The van der Waals surface area contributed by atoms with Gasteiger partial charge in [0.25, 0.3) is 5.91 Å². The van der Waals surface area contributed by atoms with Gasteiger partial charge in [0.1, 0.15) is 0 Å². The highest BCUT2D eigenvalue weighted by Crippen LogP contribution is 2.23. The Kier molecular flexibility index (Phi) is 2.71. The number of ether oxygens (including phenoxy) is 1. The first-order valence-electron chi connectivity index (χ1n) is 6.34. The molecule has 100 valence electrons. The van der Waals surface area contributed by atoms with Crippen molar-refractivity contribution in [1.82, 2.24) is 10.3 Å². The minimum Gasteiger partial charge on any atom is -0.399 e. The summed E-state index contributed by atoms with van der Waals surface area (Å²) >= 11 is 0. The fourth-order valence-electron chi connectivity index (χ4n) is 2.43. The van der Waals surface area contributed by atoms with E-state index in [1.165, 1.54) is 0 Å². The van der Waals surface area contributed by atoms with E-state index >= 15 is 0 Å². The second-order valence-corrected chi connectivity index (χ2v) is 5.32. The Hall–Kier alpha value is -2.01. The number of benzene rings is 1. The Bertz CT molecular complexity index is 627. The molecule has 1 saturated heterocycles. The lowest BCUT2D eigenvalue weighted by Crippen LogP contribution is -2.46. The fraction of sp³-hybridized carbons (Fsp3) is 0.357. The van der Waals surface area contributed by atoms with Crippen molar-refractivity contribution >= 4 is 22.5 Å². The molecule has 4 N–H and O–H groups in total. The molecule has 3 rings (SSSR count). The SMILES string of the molecule is CC1(NC(=O)c2c[nH]c3ccc(N)cc23)CCOC1. The van der Waals surface area contributed by atoms with Crippen molar-refractivity contribution in [2.24, 2.45) is 0 Å². The molecule has 1 aromatic carbocycles. The summed E-state index contributed by atoms with van der Waals surface area (Å²) in [5.74, 6) is -0.0927. The third-order valence-electron chi connectivity index (χ3n) is 3.58. The number of anilines is 1. The molecule has 2 aromatic rings. The Labute approximate surface area is 111 Å². The largest absolute Gasteiger partial charge is 0.399 e. The number of nitrogens with two attached hydrogens (primary N) is 1. The molecular weight excluding hydrogens is 242 g/mol. The summed E-state index contributed by atoms with van der Waals surface area (Å²) in [7, 11) is 0. The molecule has 5 nitrogen and oxygen atoms in total. The van der Waals surface area contributed by atoms with E-state index in [0.29, 0.717) is 24.5 Å². The van der Waals surface area contributed by atoms with Gasteiger partial charge >= 0.3 is 0 Å². The summed E-state index contributed by atoms with van der Waals surface area (Å²) in [6.45, 7) is 3.25. The normalized spacial score (nSPS) is 22.8. The van der Waals surface area contributed by atoms with Crippen LogP contribution in [0.5, 0.6) is 0 Å². The van der Waals surface area contributed by atoms with Crippen molar-refractivity contribution in [3.8, 4) is 0 Å². The van der Waals surface area contributed by atoms with Crippen LogP contribution in [-0.2, 0) is 4.74 Å². The Balaban J connectivity index is 1.91. The van der Waals surface area contributed by atoms with Gasteiger partial charge in [0.15, 0.2) is 0 Å². The van der Waals surface area contributed by atoms with Gasteiger partial charge in [0.2, 0.25) is 0 Å². The second-order valence-electron chi connectivity index (χ2n) is 5.32. The molecule has 1 aromatic heterocycles. The lowest BCUT2D eigenvalue weighted by molar-refractivity contribution is 0.0891. The fourth-order valence-corrected chi connectivity index (χ4v) is 2.43. The zero-order chi connectivity index (χ0) is 13.5. The lowest BCUT2D eigenvalue weighted by Gasteiger charge is -2.23. The number of aromatic nitrogens is 1. The first-order valence-corrected chi connectivity index (χ1v) is 6.34. The van der Waals surface area contributed by atoms with Gasteiger partial charge in [-0.2, -0.15) is 0 Å². The molecule has 1 aliphatic heterocycles. The predicted molar refractivity (Wildman–Crippen MR) is 74.0 cm³/mol. The van der Waals surface area contributed by atoms with Gasteiger partial charge < -0.3 is 20.8 Å². The van der Waals surface area contributed by atoms with Crippen LogP contribution in [0.15, 0.2) is 24.4 Å². The van der Waals surface area contributed by atoms with Gasteiger partial charge in [-0.15, -0.1) is 0 Å². The van der Waals surface area contributed by atoms with Crippen molar-refractivity contribution in [3.63, 3.8) is 0 Å². The van der Waals surface area contributed by atoms with Crippen molar-refractivity contribution < 1.29 is 9.53 Å². The molecule has 0 radical (unpaired) electrons.